The Bertz CT molecular complexity index is 253. The molecule has 0 amide bonds. The molecule has 0 aromatic heterocycles. The monoisotopic (exact) mass is 179 g/mol. The Morgan fingerprint density at radius 2 is 2.31 bits per heavy atom. The van der Waals surface area contributed by atoms with Gasteiger partial charge in [0.2, 0.25) is 0 Å². The van der Waals surface area contributed by atoms with Crippen molar-refractivity contribution >= 4 is 5.84 Å². The number of aliphatic imine (C=N–C) groups is 1. The van der Waals surface area contributed by atoms with Crippen molar-refractivity contribution in [1.82, 2.24) is 4.90 Å². The molecule has 1 aliphatic heterocycles. The Kier molecular flexibility index (Phi) is 2.76. The molecule has 1 heterocycles. The van der Waals surface area contributed by atoms with Crippen molar-refractivity contribution in [3.63, 3.8) is 0 Å². The first kappa shape index (κ1) is 9.84. The van der Waals surface area contributed by atoms with Crippen molar-refractivity contribution in [2.75, 3.05) is 0 Å². The highest BCUT2D eigenvalue weighted by molar-refractivity contribution is 5.83. The van der Waals surface area contributed by atoms with E-state index in [-0.39, 0.29) is 6.04 Å². The van der Waals surface area contributed by atoms with E-state index in [1.165, 1.54) is 0 Å². The first-order valence-corrected chi connectivity index (χ1v) is 4.49. The van der Waals surface area contributed by atoms with E-state index < -0.39 is 0 Å². The summed E-state index contributed by atoms with van der Waals surface area (Å²) in [4.78, 5) is 6.29. The van der Waals surface area contributed by atoms with Gasteiger partial charge in [-0.1, -0.05) is 12.7 Å². The summed E-state index contributed by atoms with van der Waals surface area (Å²) in [7, 11) is 0. The zero-order chi connectivity index (χ0) is 10.0. The minimum absolute atomic E-state index is 0.241. The van der Waals surface area contributed by atoms with Gasteiger partial charge in [-0.3, -0.25) is 0 Å². The Labute approximate surface area is 79.6 Å². The summed E-state index contributed by atoms with van der Waals surface area (Å²) in [5.74, 6) is 1.38. The summed E-state index contributed by atoms with van der Waals surface area (Å²) in [6.07, 6.45) is 2.65. The van der Waals surface area contributed by atoms with Gasteiger partial charge in [0.25, 0.3) is 0 Å². The van der Waals surface area contributed by atoms with E-state index in [2.05, 4.69) is 36.9 Å². The molecule has 0 bridgehead atoms. The van der Waals surface area contributed by atoms with E-state index in [0.717, 1.165) is 12.2 Å². The quantitative estimate of drug-likeness (QED) is 0.652. The number of amidine groups is 1. The summed E-state index contributed by atoms with van der Waals surface area (Å²) in [6.45, 7) is 11.9. The van der Waals surface area contributed by atoms with Gasteiger partial charge in [-0.2, -0.15) is 0 Å². The van der Waals surface area contributed by atoms with Crippen LogP contribution in [0.15, 0.2) is 30.0 Å². The van der Waals surface area contributed by atoms with E-state index in [9.17, 15) is 0 Å². The molecule has 0 saturated carbocycles. The molecule has 13 heavy (non-hydrogen) atoms. The molecule has 72 valence electrons. The third kappa shape index (κ3) is 1.91. The largest absolute Gasteiger partial charge is 0.387 e. The molecule has 2 N–H and O–H groups in total. The van der Waals surface area contributed by atoms with Crippen LogP contribution < -0.4 is 5.73 Å². The van der Waals surface area contributed by atoms with Gasteiger partial charge in [0.15, 0.2) is 0 Å². The summed E-state index contributed by atoms with van der Waals surface area (Å²) >= 11 is 0. The topological polar surface area (TPSA) is 41.6 Å². The predicted octanol–water partition coefficient (Wildman–Crippen LogP) is 1.48. The average Bonchev–Trinajstić information content (AvgIpc) is 2.01. The highest BCUT2D eigenvalue weighted by Crippen LogP contribution is 2.21. The number of nitrogens with two attached hydrogens (primary N) is 1. The maximum Gasteiger partial charge on any atom is 0.124 e. The molecule has 3 nitrogen and oxygen atoms in total. The maximum absolute atomic E-state index is 5.67. The smallest absolute Gasteiger partial charge is 0.124 e. The predicted molar refractivity (Wildman–Crippen MR) is 56.3 cm³/mol. The van der Waals surface area contributed by atoms with Gasteiger partial charge in [0.1, 0.15) is 11.7 Å². The number of hydrogen-bond donors (Lipinski definition) is 1. The van der Waals surface area contributed by atoms with Crippen molar-refractivity contribution < 1.29 is 0 Å². The van der Waals surface area contributed by atoms with Crippen LogP contribution in [0.3, 0.4) is 0 Å². The van der Waals surface area contributed by atoms with Crippen LogP contribution in [0.5, 0.6) is 0 Å². The highest BCUT2D eigenvalue weighted by Gasteiger charge is 2.24. The Morgan fingerprint density at radius 1 is 1.69 bits per heavy atom. The zero-order valence-corrected chi connectivity index (χ0v) is 8.33. The van der Waals surface area contributed by atoms with Gasteiger partial charge >= 0.3 is 0 Å². The second-order valence-electron chi connectivity index (χ2n) is 3.53. The lowest BCUT2D eigenvalue weighted by atomic mass is 10.1. The molecule has 0 saturated heterocycles. The summed E-state index contributed by atoms with van der Waals surface area (Å²) in [6, 6.07) is 0.623. The molecule has 1 rings (SSSR count). The van der Waals surface area contributed by atoms with Crippen molar-refractivity contribution in [3.8, 4) is 0 Å². The Hall–Kier alpha value is -1.25. The van der Waals surface area contributed by atoms with Crippen LogP contribution in [0.25, 0.3) is 0 Å². The molecule has 0 aromatic rings. The SMILES string of the molecule is C=CC1CC(N)=NC(=C)N1C(C)C. The average molecular weight is 179 g/mol. The van der Waals surface area contributed by atoms with E-state index in [4.69, 9.17) is 5.73 Å². The molecule has 3 heteroatoms. The maximum atomic E-state index is 5.67. The van der Waals surface area contributed by atoms with Crippen LogP contribution in [-0.2, 0) is 0 Å². The van der Waals surface area contributed by atoms with Crippen LogP contribution >= 0.6 is 0 Å². The van der Waals surface area contributed by atoms with E-state index >= 15 is 0 Å². The fourth-order valence-corrected chi connectivity index (χ4v) is 1.65. The molecule has 0 fully saturated rings. The molecular formula is C10H17N3. The molecule has 0 radical (unpaired) electrons. The standard InChI is InChI=1S/C10H17N3/c1-5-9-6-10(11)12-8(4)13(9)7(2)3/h5,7,9H,1,4,6H2,2-3H3,(H2,11,12). The second kappa shape index (κ2) is 3.64. The van der Waals surface area contributed by atoms with Crippen molar-refractivity contribution in [2.24, 2.45) is 10.7 Å². The molecule has 1 atom stereocenters. The van der Waals surface area contributed by atoms with Gasteiger partial charge in [-0.15, -0.1) is 6.58 Å². The van der Waals surface area contributed by atoms with E-state index in [1.54, 1.807) is 0 Å². The molecule has 0 aliphatic carbocycles. The lowest BCUT2D eigenvalue weighted by molar-refractivity contribution is 0.233. The third-order valence-electron chi connectivity index (χ3n) is 2.17. The molecule has 0 aromatic carbocycles. The number of rotatable bonds is 2. The van der Waals surface area contributed by atoms with Gasteiger partial charge in [-0.05, 0) is 13.8 Å². The van der Waals surface area contributed by atoms with Crippen LogP contribution in [0.4, 0.5) is 0 Å². The van der Waals surface area contributed by atoms with Crippen molar-refractivity contribution in [1.29, 1.82) is 0 Å². The fourth-order valence-electron chi connectivity index (χ4n) is 1.65. The summed E-state index contributed by atoms with van der Waals surface area (Å²) in [5.41, 5.74) is 5.67. The highest BCUT2D eigenvalue weighted by atomic mass is 15.3. The summed E-state index contributed by atoms with van der Waals surface area (Å²) < 4.78 is 0. The minimum atomic E-state index is 0.241. The van der Waals surface area contributed by atoms with Crippen molar-refractivity contribution in [2.45, 2.75) is 32.4 Å². The molecular weight excluding hydrogens is 162 g/mol. The molecule has 1 aliphatic rings. The second-order valence-corrected chi connectivity index (χ2v) is 3.53. The molecule has 0 spiro atoms. The fraction of sp³-hybridized carbons (Fsp3) is 0.500. The van der Waals surface area contributed by atoms with E-state index in [1.807, 2.05) is 6.08 Å². The lowest BCUT2D eigenvalue weighted by Gasteiger charge is -2.37. The summed E-state index contributed by atoms with van der Waals surface area (Å²) in [5, 5.41) is 0. The Morgan fingerprint density at radius 3 is 2.77 bits per heavy atom. The third-order valence-corrected chi connectivity index (χ3v) is 2.17. The van der Waals surface area contributed by atoms with Crippen LogP contribution in [0.1, 0.15) is 20.3 Å². The van der Waals surface area contributed by atoms with Gasteiger partial charge in [0, 0.05) is 12.5 Å². The zero-order valence-electron chi connectivity index (χ0n) is 8.33. The number of nitrogens with zero attached hydrogens (tertiary/aromatic N) is 2. The first-order chi connectivity index (χ1) is 6.06. The van der Waals surface area contributed by atoms with Crippen LogP contribution in [0, 0.1) is 0 Å². The first-order valence-electron chi connectivity index (χ1n) is 4.49. The minimum Gasteiger partial charge on any atom is -0.387 e. The number of hydrogen-bond acceptors (Lipinski definition) is 3. The Balaban J connectivity index is 2.92. The van der Waals surface area contributed by atoms with Gasteiger partial charge in [-0.25, -0.2) is 4.99 Å². The van der Waals surface area contributed by atoms with Crippen LogP contribution in [-0.4, -0.2) is 22.8 Å². The normalized spacial score (nSPS) is 23.3. The van der Waals surface area contributed by atoms with Gasteiger partial charge < -0.3 is 10.6 Å². The van der Waals surface area contributed by atoms with Crippen LogP contribution in [0.2, 0.25) is 0 Å². The lowest BCUT2D eigenvalue weighted by Crippen LogP contribution is -2.43. The van der Waals surface area contributed by atoms with E-state index in [0.29, 0.717) is 11.9 Å². The molecule has 1 unspecified atom stereocenters. The van der Waals surface area contributed by atoms with Gasteiger partial charge in [0.05, 0.1) is 6.04 Å². The van der Waals surface area contributed by atoms with Crippen molar-refractivity contribution in [3.05, 3.63) is 25.1 Å².